The molecular weight excluding hydrogens is 1030 g/mol. The molecule has 4 aromatic rings. The Kier molecular flexibility index (Phi) is 10.9. The highest BCUT2D eigenvalue weighted by Crippen LogP contribution is 2.50. The number of amides is 2. The molecule has 71 heavy (non-hydrogen) atoms. The lowest BCUT2D eigenvalue weighted by Crippen LogP contribution is -2.62. The number of nitrogens with one attached hydrogen (secondary N) is 2. The van der Waals surface area contributed by atoms with Gasteiger partial charge in [0.2, 0.25) is 21.8 Å². The van der Waals surface area contributed by atoms with E-state index in [1.165, 1.54) is 69.1 Å². The van der Waals surface area contributed by atoms with Crippen molar-refractivity contribution >= 4 is 97.8 Å². The average Bonchev–Trinajstić information content (AvgIpc) is 4.18. The summed E-state index contributed by atoms with van der Waals surface area (Å²) < 4.78 is 132. The fraction of sp³-hybridized carbons (Fsp3) is 0.422. The van der Waals surface area contributed by atoms with E-state index < -0.39 is 160 Å². The Morgan fingerprint density at radius 2 is 1.03 bits per heavy atom. The van der Waals surface area contributed by atoms with Crippen molar-refractivity contribution in [3.05, 3.63) is 93.2 Å². The molecule has 6 saturated heterocycles. The fourth-order valence-electron chi connectivity index (χ4n) is 11.8. The van der Waals surface area contributed by atoms with Gasteiger partial charge in [-0.05, 0) is 71.8 Å². The van der Waals surface area contributed by atoms with Crippen molar-refractivity contribution in [3.8, 4) is 0 Å². The van der Waals surface area contributed by atoms with Gasteiger partial charge in [-0.1, -0.05) is 24.3 Å². The normalized spacial score (nSPS) is 30.9. The molecule has 2 aromatic carbocycles. The number of benzene rings is 2. The first kappa shape index (κ1) is 46.7. The number of likely N-dealkylation sites (tertiary alicyclic amines) is 2. The molecule has 12 rings (SSSR count). The molecule has 2 N–H and O–H groups in total. The fourth-order valence-corrected chi connectivity index (χ4v) is 17.8. The summed E-state index contributed by atoms with van der Waals surface area (Å²) in [6.45, 7) is -1.16. The number of hydrogen-bond acceptors (Lipinski definition) is 16. The number of halogens is 2. The summed E-state index contributed by atoms with van der Waals surface area (Å²) in [5, 5.41) is 8.51. The van der Waals surface area contributed by atoms with Crippen LogP contribution < -0.4 is 10.6 Å². The van der Waals surface area contributed by atoms with Crippen LogP contribution in [0.3, 0.4) is 0 Å². The zero-order chi connectivity index (χ0) is 49.6. The van der Waals surface area contributed by atoms with Crippen LogP contribution in [0.2, 0.25) is 0 Å². The van der Waals surface area contributed by atoms with E-state index in [2.05, 4.69) is 19.4 Å². The van der Waals surface area contributed by atoms with E-state index >= 15 is 0 Å². The van der Waals surface area contributed by atoms with Crippen molar-refractivity contribution in [2.24, 2.45) is 32.5 Å². The van der Waals surface area contributed by atoms with Crippen LogP contribution in [0.5, 0.6) is 0 Å². The van der Waals surface area contributed by atoms with E-state index in [0.717, 1.165) is 33.2 Å². The molecule has 10 atom stereocenters. The Bertz CT molecular complexity index is 3190. The van der Waals surface area contributed by atoms with Gasteiger partial charge in [-0.3, -0.25) is 19.2 Å². The summed E-state index contributed by atoms with van der Waals surface area (Å²) >= 11 is 1.75. The lowest BCUT2D eigenvalue weighted by atomic mass is 9.73. The quantitative estimate of drug-likeness (QED) is 0.204. The topological polar surface area (TPSA) is 248 Å². The van der Waals surface area contributed by atoms with Gasteiger partial charge in [0.1, 0.15) is 43.1 Å². The highest BCUT2D eigenvalue weighted by atomic mass is 32.2. The van der Waals surface area contributed by atoms with Gasteiger partial charge in [0.25, 0.3) is 20.0 Å². The van der Waals surface area contributed by atoms with Gasteiger partial charge >= 0.3 is 0 Å². The molecule has 0 aliphatic carbocycles. The molecule has 0 saturated carbocycles. The number of ether oxygens (including phenoxy) is 2. The summed E-state index contributed by atoms with van der Waals surface area (Å²) in [7, 11) is -13.7. The molecule has 10 heterocycles. The third-order valence-corrected chi connectivity index (χ3v) is 21.0. The molecule has 372 valence electrons. The predicted molar refractivity (Wildman–Crippen MR) is 250 cm³/mol. The number of carbonyl (C=O) groups is 4. The molecule has 0 spiro atoms. The van der Waals surface area contributed by atoms with E-state index in [9.17, 15) is 53.2 Å². The second-order valence-corrected chi connectivity index (χ2v) is 25.8. The minimum atomic E-state index is -4.72. The van der Waals surface area contributed by atoms with Crippen LogP contribution in [0.15, 0.2) is 77.9 Å². The molecule has 10 unspecified atom stereocenters. The van der Waals surface area contributed by atoms with Crippen LogP contribution >= 0.6 is 22.7 Å². The molecule has 8 aliphatic rings. The lowest BCUT2D eigenvalue weighted by Gasteiger charge is -2.44. The third-order valence-electron chi connectivity index (χ3n) is 14.8. The summed E-state index contributed by atoms with van der Waals surface area (Å²) in [5.74, 6) is -9.12. The smallest absolute Gasteiger partial charge is 0.287 e. The molecule has 8 aliphatic heterocycles. The van der Waals surface area contributed by atoms with Crippen LogP contribution in [0.1, 0.15) is 47.9 Å². The van der Waals surface area contributed by atoms with Crippen molar-refractivity contribution in [1.82, 2.24) is 14.1 Å². The van der Waals surface area contributed by atoms with E-state index in [1.807, 2.05) is 0 Å². The molecule has 0 radical (unpaired) electrons. The van der Waals surface area contributed by atoms with E-state index in [0.29, 0.717) is 36.8 Å². The van der Waals surface area contributed by atoms with Crippen molar-refractivity contribution in [2.75, 3.05) is 16.9 Å². The van der Waals surface area contributed by atoms with Gasteiger partial charge in [0, 0.05) is 37.3 Å². The molecular formula is C45H41F2N7O12S5. The van der Waals surface area contributed by atoms with Crippen molar-refractivity contribution in [2.45, 2.75) is 98.2 Å². The second kappa shape index (κ2) is 16.6. The minimum Gasteiger partial charge on any atom is -0.372 e. The zero-order valence-electron chi connectivity index (χ0n) is 37.1. The summed E-state index contributed by atoms with van der Waals surface area (Å²) in [5.41, 5.74) is 1.11. The van der Waals surface area contributed by atoms with Crippen LogP contribution in [-0.4, -0.2) is 117 Å². The number of piperidine rings is 2. The second-order valence-electron chi connectivity index (χ2n) is 19.0. The van der Waals surface area contributed by atoms with Gasteiger partial charge in [-0.2, -0.15) is 21.1 Å². The van der Waals surface area contributed by atoms with Gasteiger partial charge in [-0.25, -0.2) is 17.2 Å². The first-order valence-electron chi connectivity index (χ1n) is 22.6. The van der Waals surface area contributed by atoms with Gasteiger partial charge in [-0.15, -0.1) is 31.5 Å². The number of rotatable bonds is 11. The van der Waals surface area contributed by atoms with E-state index in [4.69, 9.17) is 9.47 Å². The largest absolute Gasteiger partial charge is 0.372 e. The van der Waals surface area contributed by atoms with Crippen LogP contribution in [-0.2, 0) is 84.9 Å². The predicted octanol–water partition coefficient (Wildman–Crippen LogP) is 3.62. The molecule has 26 heteroatoms. The number of amidine groups is 2. The first-order chi connectivity index (χ1) is 33.8. The first-order valence-corrected chi connectivity index (χ1v) is 29.1. The molecule has 19 nitrogen and oxygen atoms in total. The number of Topliss-reactive ketones (excluding diaryl/α,β-unsaturated/α-hetero) is 2. The monoisotopic (exact) mass is 1070 g/mol. The molecule has 2 amide bonds. The Morgan fingerprint density at radius 3 is 1.41 bits per heavy atom. The van der Waals surface area contributed by atoms with Gasteiger partial charge < -0.3 is 29.9 Å². The Hall–Kier alpha value is -5.35. The van der Waals surface area contributed by atoms with E-state index in [-0.39, 0.29) is 34.2 Å². The number of ketones is 2. The zero-order valence-corrected chi connectivity index (χ0v) is 41.2. The van der Waals surface area contributed by atoms with Crippen molar-refractivity contribution < 1.29 is 62.7 Å². The molecule has 6 fully saturated rings. The number of thiophene rings is 2. The maximum atomic E-state index is 14.4. The van der Waals surface area contributed by atoms with Crippen molar-refractivity contribution in [3.63, 3.8) is 0 Å². The van der Waals surface area contributed by atoms with Crippen LogP contribution in [0.25, 0.3) is 0 Å². The maximum absolute atomic E-state index is 14.4. The Balaban J connectivity index is 0.805. The third kappa shape index (κ3) is 7.61. The number of nitrogens with zero attached hydrogens (tertiary/aromatic N) is 5. The van der Waals surface area contributed by atoms with Crippen molar-refractivity contribution in [1.29, 1.82) is 0 Å². The standard InChI is InChI=1S/C45H41F2N7O12S5/c1-69(59,60)52(16-22-18-67-42-38(22)70(61,62)50-40(48-42)32-36(55)30-26-10-12-28(65-26)34(30)53(44(32)57)14-20-2-6-24(46)7-3-20)17-23-19-68-43-39(23)71(63,64)51-41(49-43)33-37(56)31-27-11-13-29(66-27)35(31)54(45(33)58)15-21-4-8-25(47)9-5-21/h2-9,18-19,26-35H,10-17H2,1H3,(H,48,50)(H,49,51). The number of carbonyl (C=O) groups excluding carboxylic acids is 4. The number of hydrogen-bond donors (Lipinski definition) is 2. The summed E-state index contributed by atoms with van der Waals surface area (Å²) in [6.07, 6.45) is 1.44. The Morgan fingerprint density at radius 1 is 0.648 bits per heavy atom. The molecule has 2 aromatic heterocycles. The number of sulfonamides is 3. The lowest BCUT2D eigenvalue weighted by molar-refractivity contribution is -0.153. The minimum absolute atomic E-state index is 0.000612. The highest BCUT2D eigenvalue weighted by Gasteiger charge is 2.64. The number of anilines is 2. The molecule has 4 bridgehead atoms. The van der Waals surface area contributed by atoms with Gasteiger partial charge in [0.15, 0.2) is 23.4 Å². The van der Waals surface area contributed by atoms with E-state index in [1.54, 1.807) is 0 Å². The van der Waals surface area contributed by atoms with Crippen LogP contribution in [0, 0.1) is 35.3 Å². The number of fused-ring (bicyclic) bond motifs is 12. The highest BCUT2D eigenvalue weighted by molar-refractivity contribution is 7.91. The van der Waals surface area contributed by atoms with Gasteiger partial charge in [0.05, 0.1) is 54.6 Å². The average molecular weight is 1070 g/mol. The SMILES string of the molecule is CS(=O)(=O)N(Cc1csc2c1S(=O)(=O)N=C(C1C(=O)C3C4CCC(O4)C3N(Cc3ccc(F)cc3)C1=O)N2)Cc1csc2c1S(=O)(=O)N=C(C1C(=O)C3C4CCC(O4)C3N(Cc3ccc(F)cc3)C1=O)N2. The maximum Gasteiger partial charge on any atom is 0.287 e. The Labute approximate surface area is 413 Å². The summed E-state index contributed by atoms with van der Waals surface area (Å²) in [6, 6.07) is 9.84. The summed E-state index contributed by atoms with van der Waals surface area (Å²) in [4.78, 5) is 59.4. The van der Waals surface area contributed by atoms with Crippen LogP contribution in [0.4, 0.5) is 18.8 Å².